The zero-order chi connectivity index (χ0) is 14.7. The molecule has 1 amide bonds. The van der Waals surface area contributed by atoms with Gasteiger partial charge in [-0.05, 0) is 12.1 Å². The van der Waals surface area contributed by atoms with Crippen molar-refractivity contribution in [2.75, 3.05) is 18.1 Å². The molecule has 0 spiro atoms. The number of amides is 1. The number of hydrogen-bond acceptors (Lipinski definition) is 4. The van der Waals surface area contributed by atoms with Gasteiger partial charge in [-0.3, -0.25) is 14.4 Å². The van der Waals surface area contributed by atoms with Gasteiger partial charge in [-0.15, -0.1) is 0 Å². The molecular weight excluding hydrogens is 280 g/mol. The summed E-state index contributed by atoms with van der Waals surface area (Å²) in [6, 6.07) is 2.77. The lowest BCUT2D eigenvalue weighted by Crippen LogP contribution is -2.48. The van der Waals surface area contributed by atoms with Crippen molar-refractivity contribution in [2.24, 2.45) is 7.05 Å². The Labute approximate surface area is 120 Å². The van der Waals surface area contributed by atoms with Crippen LogP contribution in [-0.2, 0) is 11.8 Å². The minimum absolute atomic E-state index is 0.0914. The van der Waals surface area contributed by atoms with E-state index in [1.54, 1.807) is 31.1 Å². The van der Waals surface area contributed by atoms with E-state index in [0.717, 1.165) is 5.75 Å². The van der Waals surface area contributed by atoms with Gasteiger partial charge in [0.2, 0.25) is 0 Å². The number of thioether (sulfide) groups is 1. The molecule has 1 unspecified atom stereocenters. The lowest BCUT2D eigenvalue weighted by atomic mass is 10.1. The van der Waals surface area contributed by atoms with Gasteiger partial charge >= 0.3 is 5.97 Å². The number of rotatable bonds is 3. The van der Waals surface area contributed by atoms with E-state index in [0.29, 0.717) is 12.3 Å². The molecule has 1 aliphatic rings. The highest BCUT2D eigenvalue weighted by Gasteiger charge is 2.30. The normalized spacial score (nSPS) is 18.9. The SMILES string of the molecule is Cn1cccc(C(=O)N2CCSCC2CC(=O)O)c1=O. The van der Waals surface area contributed by atoms with Crippen LogP contribution in [0.1, 0.15) is 16.8 Å². The van der Waals surface area contributed by atoms with Gasteiger partial charge in [0.15, 0.2) is 0 Å². The Hall–Kier alpha value is -1.76. The van der Waals surface area contributed by atoms with Crippen LogP contribution < -0.4 is 5.56 Å². The van der Waals surface area contributed by atoms with Gasteiger partial charge in [-0.25, -0.2) is 0 Å². The fourth-order valence-electron chi connectivity index (χ4n) is 2.21. The molecule has 0 aromatic carbocycles. The summed E-state index contributed by atoms with van der Waals surface area (Å²) in [5.74, 6) is 0.0363. The summed E-state index contributed by atoms with van der Waals surface area (Å²) in [5, 5.41) is 8.92. The fourth-order valence-corrected chi connectivity index (χ4v) is 3.27. The maximum absolute atomic E-state index is 12.5. The van der Waals surface area contributed by atoms with E-state index in [1.807, 2.05) is 0 Å². The largest absolute Gasteiger partial charge is 0.481 e. The molecule has 1 atom stereocenters. The second kappa shape index (κ2) is 6.13. The summed E-state index contributed by atoms with van der Waals surface area (Å²) in [4.78, 5) is 36.8. The van der Waals surface area contributed by atoms with E-state index in [9.17, 15) is 14.4 Å². The van der Waals surface area contributed by atoms with Gasteiger partial charge in [0.25, 0.3) is 11.5 Å². The molecule has 1 N–H and O–H groups in total. The number of carbonyl (C=O) groups excluding carboxylic acids is 1. The van der Waals surface area contributed by atoms with Crippen molar-refractivity contribution >= 4 is 23.6 Å². The van der Waals surface area contributed by atoms with Gasteiger partial charge in [-0.2, -0.15) is 11.8 Å². The molecule has 0 saturated carbocycles. The monoisotopic (exact) mass is 296 g/mol. The molecule has 2 rings (SSSR count). The van der Waals surface area contributed by atoms with E-state index >= 15 is 0 Å². The second-order valence-electron chi connectivity index (χ2n) is 4.66. The molecule has 6 nitrogen and oxygen atoms in total. The van der Waals surface area contributed by atoms with Gasteiger partial charge in [0.05, 0.1) is 12.5 Å². The number of aliphatic carboxylic acids is 1. The van der Waals surface area contributed by atoms with Crippen LogP contribution in [0, 0.1) is 0 Å². The predicted octanol–water partition coefficient (Wildman–Crippen LogP) is 0.418. The zero-order valence-electron chi connectivity index (χ0n) is 11.1. The summed E-state index contributed by atoms with van der Waals surface area (Å²) >= 11 is 1.63. The summed E-state index contributed by atoms with van der Waals surface area (Å²) in [5.41, 5.74) is -0.262. The van der Waals surface area contributed by atoms with Crippen molar-refractivity contribution in [3.05, 3.63) is 34.2 Å². The van der Waals surface area contributed by atoms with Crippen molar-refractivity contribution in [1.29, 1.82) is 0 Å². The maximum atomic E-state index is 12.5. The van der Waals surface area contributed by atoms with E-state index in [2.05, 4.69) is 0 Å². The van der Waals surface area contributed by atoms with Crippen LogP contribution >= 0.6 is 11.8 Å². The number of pyridine rings is 1. The molecule has 7 heteroatoms. The van der Waals surface area contributed by atoms with Crippen LogP contribution in [0.25, 0.3) is 0 Å². The Morgan fingerprint density at radius 2 is 2.25 bits per heavy atom. The van der Waals surface area contributed by atoms with Crippen molar-refractivity contribution in [3.63, 3.8) is 0 Å². The first-order valence-electron chi connectivity index (χ1n) is 6.27. The first-order valence-corrected chi connectivity index (χ1v) is 7.42. The van der Waals surface area contributed by atoms with Crippen molar-refractivity contribution in [2.45, 2.75) is 12.5 Å². The van der Waals surface area contributed by atoms with Gasteiger partial charge < -0.3 is 14.6 Å². The van der Waals surface area contributed by atoms with Gasteiger partial charge in [-0.1, -0.05) is 0 Å². The molecule has 1 fully saturated rings. The quantitative estimate of drug-likeness (QED) is 0.874. The van der Waals surface area contributed by atoms with E-state index in [1.165, 1.54) is 15.5 Å². The first kappa shape index (κ1) is 14.6. The Morgan fingerprint density at radius 1 is 1.50 bits per heavy atom. The molecule has 1 aromatic heterocycles. The average molecular weight is 296 g/mol. The van der Waals surface area contributed by atoms with E-state index in [-0.39, 0.29) is 29.5 Å². The lowest BCUT2D eigenvalue weighted by molar-refractivity contribution is -0.138. The van der Waals surface area contributed by atoms with Crippen molar-refractivity contribution in [1.82, 2.24) is 9.47 Å². The molecule has 1 saturated heterocycles. The summed E-state index contributed by atoms with van der Waals surface area (Å²) in [6.07, 6.45) is 1.49. The summed E-state index contributed by atoms with van der Waals surface area (Å²) in [6.45, 7) is 0.472. The molecule has 0 aliphatic carbocycles. The van der Waals surface area contributed by atoms with Crippen LogP contribution in [0.3, 0.4) is 0 Å². The highest BCUT2D eigenvalue weighted by atomic mass is 32.2. The highest BCUT2D eigenvalue weighted by Crippen LogP contribution is 2.20. The van der Waals surface area contributed by atoms with Crippen molar-refractivity contribution in [3.8, 4) is 0 Å². The number of hydrogen-bond donors (Lipinski definition) is 1. The standard InChI is InChI=1S/C13H16N2O4S/c1-14-4-2-3-10(12(14)18)13(19)15-5-6-20-8-9(15)7-11(16)17/h2-4,9H,5-8H2,1H3,(H,16,17). The molecule has 2 heterocycles. The van der Waals surface area contributed by atoms with Crippen LogP contribution in [0.2, 0.25) is 0 Å². The fraction of sp³-hybridized carbons (Fsp3) is 0.462. The zero-order valence-corrected chi connectivity index (χ0v) is 11.9. The number of carboxylic acids is 1. The maximum Gasteiger partial charge on any atom is 0.305 e. The Kier molecular flexibility index (Phi) is 4.49. The Morgan fingerprint density at radius 3 is 2.95 bits per heavy atom. The molecule has 1 aromatic rings. The number of aromatic nitrogens is 1. The molecular formula is C13H16N2O4S. The number of carbonyl (C=O) groups is 2. The minimum atomic E-state index is -0.934. The Balaban J connectivity index is 2.27. The van der Waals surface area contributed by atoms with Gasteiger partial charge in [0, 0.05) is 31.3 Å². The molecule has 108 valence electrons. The molecule has 0 bridgehead atoms. The Bertz CT molecular complexity index is 584. The number of nitrogens with zero attached hydrogens (tertiary/aromatic N) is 2. The van der Waals surface area contributed by atoms with Crippen LogP contribution in [0.5, 0.6) is 0 Å². The second-order valence-corrected chi connectivity index (χ2v) is 5.81. The molecule has 20 heavy (non-hydrogen) atoms. The molecule has 0 radical (unpaired) electrons. The van der Waals surface area contributed by atoms with E-state index < -0.39 is 5.97 Å². The molecule has 1 aliphatic heterocycles. The predicted molar refractivity (Wildman–Crippen MR) is 76.1 cm³/mol. The topological polar surface area (TPSA) is 79.6 Å². The van der Waals surface area contributed by atoms with Crippen LogP contribution in [-0.4, -0.2) is 50.5 Å². The average Bonchev–Trinajstić information content (AvgIpc) is 2.41. The smallest absolute Gasteiger partial charge is 0.305 e. The van der Waals surface area contributed by atoms with Gasteiger partial charge in [0.1, 0.15) is 5.56 Å². The lowest BCUT2D eigenvalue weighted by Gasteiger charge is -2.34. The van der Waals surface area contributed by atoms with Crippen molar-refractivity contribution < 1.29 is 14.7 Å². The third-order valence-corrected chi connectivity index (χ3v) is 4.34. The van der Waals surface area contributed by atoms with E-state index in [4.69, 9.17) is 5.11 Å². The highest BCUT2D eigenvalue weighted by molar-refractivity contribution is 7.99. The number of carboxylic acid groups (broad SMARTS) is 1. The first-order chi connectivity index (χ1) is 9.50. The summed E-state index contributed by atoms with van der Waals surface area (Å²) < 4.78 is 1.35. The number of aryl methyl sites for hydroxylation is 1. The minimum Gasteiger partial charge on any atom is -0.481 e. The summed E-state index contributed by atoms with van der Waals surface area (Å²) in [7, 11) is 1.58. The van der Waals surface area contributed by atoms with Crippen LogP contribution in [0.15, 0.2) is 23.1 Å². The third-order valence-electron chi connectivity index (χ3n) is 3.25. The third kappa shape index (κ3) is 3.04. The van der Waals surface area contributed by atoms with Crippen LogP contribution in [0.4, 0.5) is 0 Å².